The first-order valence-electron chi connectivity index (χ1n) is 35.1. The third kappa shape index (κ3) is 8.60. The van der Waals surface area contributed by atoms with Gasteiger partial charge < -0.3 is 27.4 Å². The topological polar surface area (TPSA) is 29.6 Å². The zero-order valence-electron chi connectivity index (χ0n) is 55.5. The van der Waals surface area contributed by atoms with Crippen molar-refractivity contribution >= 4 is 131 Å². The summed E-state index contributed by atoms with van der Waals surface area (Å²) >= 11 is 0. The van der Waals surface area contributed by atoms with Crippen LogP contribution in [-0.2, 0) is 0 Å². The molecule has 0 aliphatic carbocycles. The molecule has 0 radical (unpaired) electrons. The van der Waals surface area contributed by atoms with Crippen LogP contribution in [0.3, 0.4) is 0 Å². The summed E-state index contributed by atoms with van der Waals surface area (Å²) in [7, 11) is 0. The van der Waals surface area contributed by atoms with Crippen molar-refractivity contribution in [3.8, 4) is 56.4 Å². The van der Waals surface area contributed by atoms with Crippen molar-refractivity contribution in [1.82, 2.24) is 27.4 Å². The molecule has 0 unspecified atom stereocenters. The Kier molecular flexibility index (Phi) is 12.9. The third-order valence-corrected chi connectivity index (χ3v) is 21.3. The monoisotopic (exact) mass is 1300 g/mol. The minimum absolute atomic E-state index is 1.15. The molecule has 0 amide bonds. The second kappa shape index (κ2) is 23.0. The summed E-state index contributed by atoms with van der Waals surface area (Å²) < 4.78 is 14.5. The average Bonchev–Trinajstić information content (AvgIpc) is 1.56. The molecule has 6 aromatic heterocycles. The zero-order chi connectivity index (χ0) is 66.9. The van der Waals surface area contributed by atoms with Crippen LogP contribution < -0.4 is 0 Å². The summed E-state index contributed by atoms with van der Waals surface area (Å²) in [5.41, 5.74) is 26.4. The fourth-order valence-corrected chi connectivity index (χ4v) is 17.2. The maximum absolute atomic E-state index is 2.45. The number of nitrogens with zero attached hydrogens (tertiary/aromatic N) is 6. The summed E-state index contributed by atoms with van der Waals surface area (Å²) in [6, 6.07) is 137. The van der Waals surface area contributed by atoms with Crippen LogP contribution in [0.15, 0.2) is 376 Å². The molecule has 476 valence electrons. The Bertz CT molecular complexity index is 6670. The highest BCUT2D eigenvalue weighted by Crippen LogP contribution is 2.48. The van der Waals surface area contributed by atoms with Gasteiger partial charge in [-0.1, -0.05) is 231 Å². The van der Waals surface area contributed by atoms with Gasteiger partial charge in [0.05, 0.1) is 66.2 Å². The number of rotatable bonds is 8. The molecule has 22 aromatic rings. The van der Waals surface area contributed by atoms with E-state index in [1.165, 1.54) is 176 Å². The Hall–Kier alpha value is -13.7. The normalized spacial score (nSPS) is 11.9. The summed E-state index contributed by atoms with van der Waals surface area (Å²) in [6.45, 7) is 0. The van der Waals surface area contributed by atoms with Crippen molar-refractivity contribution in [1.29, 1.82) is 0 Å². The quantitative estimate of drug-likeness (QED) is 0.145. The van der Waals surface area contributed by atoms with E-state index >= 15 is 0 Å². The molecule has 0 bridgehead atoms. The molecule has 0 aliphatic rings. The van der Waals surface area contributed by atoms with Gasteiger partial charge in [-0.05, 0) is 168 Å². The molecule has 6 nitrogen and oxygen atoms in total. The summed E-state index contributed by atoms with van der Waals surface area (Å²) in [6.07, 6.45) is 0. The maximum Gasteiger partial charge on any atom is 0.0547 e. The van der Waals surface area contributed by atoms with Gasteiger partial charge in [0.15, 0.2) is 0 Å². The Morgan fingerprint density at radius 1 is 0.118 bits per heavy atom. The van der Waals surface area contributed by atoms with Gasteiger partial charge in [0.1, 0.15) is 0 Å². The first-order chi connectivity index (χ1) is 50.7. The van der Waals surface area contributed by atoms with Crippen molar-refractivity contribution in [2.45, 2.75) is 0 Å². The molecule has 0 spiro atoms. The van der Waals surface area contributed by atoms with E-state index in [9.17, 15) is 0 Å². The number of fused-ring (bicyclic) bond motifs is 18. The second-order valence-electron chi connectivity index (χ2n) is 26.7. The second-order valence-corrected chi connectivity index (χ2v) is 26.7. The Morgan fingerprint density at radius 3 is 0.588 bits per heavy atom. The molecule has 0 atom stereocenters. The number of hydrogen-bond donors (Lipinski definition) is 0. The lowest BCUT2D eigenvalue weighted by molar-refractivity contribution is 1.17. The lowest BCUT2D eigenvalue weighted by atomic mass is 9.95. The van der Waals surface area contributed by atoms with Crippen molar-refractivity contribution in [3.63, 3.8) is 0 Å². The van der Waals surface area contributed by atoms with Gasteiger partial charge >= 0.3 is 0 Å². The van der Waals surface area contributed by atoms with Crippen LogP contribution in [0.4, 0.5) is 0 Å². The number of para-hydroxylation sites is 10. The highest BCUT2D eigenvalue weighted by molar-refractivity contribution is 6.25. The van der Waals surface area contributed by atoms with Gasteiger partial charge in [0, 0.05) is 98.8 Å². The fraction of sp³-hybridized carbons (Fsp3) is 0. The van der Waals surface area contributed by atoms with Crippen molar-refractivity contribution in [2.24, 2.45) is 0 Å². The average molecular weight is 1300 g/mol. The third-order valence-electron chi connectivity index (χ3n) is 21.3. The highest BCUT2D eigenvalue weighted by Gasteiger charge is 2.25. The van der Waals surface area contributed by atoms with Gasteiger partial charge in [-0.25, -0.2) is 0 Å². The molecular formula is C96H62N6. The Morgan fingerprint density at radius 2 is 0.314 bits per heavy atom. The minimum Gasteiger partial charge on any atom is -0.309 e. The van der Waals surface area contributed by atoms with E-state index in [1.807, 2.05) is 0 Å². The molecule has 6 heteroatoms. The molecular weight excluding hydrogens is 1240 g/mol. The van der Waals surface area contributed by atoms with E-state index in [2.05, 4.69) is 404 Å². The first kappa shape index (κ1) is 57.4. The van der Waals surface area contributed by atoms with Gasteiger partial charge in [-0.15, -0.1) is 0 Å². The molecule has 16 aromatic carbocycles. The molecule has 6 heterocycles. The zero-order valence-corrected chi connectivity index (χ0v) is 55.5. The molecule has 102 heavy (non-hydrogen) atoms. The van der Waals surface area contributed by atoms with E-state index in [4.69, 9.17) is 0 Å². The van der Waals surface area contributed by atoms with Crippen molar-refractivity contribution < 1.29 is 0 Å². The molecule has 0 saturated carbocycles. The largest absolute Gasteiger partial charge is 0.309 e. The SMILES string of the molecule is c1ccc(-n2c3ccccc3c3cc(-n4c5ccccc5c5c(-c6cccc7c6c6ccccc6n7-c6ccccc6)cccc54)ccc32)cc1.c1ccc(-n2c3ccccc3c3cc(-n4c5ccccc5c5c(-c6cccc7c6c6ccccc6n7-c6ccccc6)cccc54)ccc32)cc1. The summed E-state index contributed by atoms with van der Waals surface area (Å²) in [5.74, 6) is 0. The van der Waals surface area contributed by atoms with E-state index < -0.39 is 0 Å². The molecule has 0 fully saturated rings. The predicted octanol–water partition coefficient (Wildman–Crippen LogP) is 25.3. The summed E-state index contributed by atoms with van der Waals surface area (Å²) in [4.78, 5) is 0. The maximum atomic E-state index is 2.45. The lowest BCUT2D eigenvalue weighted by Gasteiger charge is -2.11. The fourth-order valence-electron chi connectivity index (χ4n) is 17.2. The number of benzene rings is 16. The predicted molar refractivity (Wildman–Crippen MR) is 430 cm³/mol. The van der Waals surface area contributed by atoms with Crippen molar-refractivity contribution in [2.75, 3.05) is 0 Å². The van der Waals surface area contributed by atoms with Crippen LogP contribution in [0.5, 0.6) is 0 Å². The first-order valence-corrected chi connectivity index (χ1v) is 35.1. The van der Waals surface area contributed by atoms with E-state index in [0.29, 0.717) is 0 Å². The van der Waals surface area contributed by atoms with E-state index in [-0.39, 0.29) is 0 Å². The van der Waals surface area contributed by atoms with Gasteiger partial charge in [0.2, 0.25) is 0 Å². The van der Waals surface area contributed by atoms with Crippen LogP contribution in [0, 0.1) is 0 Å². The molecule has 0 N–H and O–H groups in total. The smallest absolute Gasteiger partial charge is 0.0547 e. The molecule has 0 saturated heterocycles. The van der Waals surface area contributed by atoms with E-state index in [0.717, 1.165) is 11.4 Å². The molecule has 22 rings (SSSR count). The lowest BCUT2D eigenvalue weighted by Crippen LogP contribution is -1.95. The van der Waals surface area contributed by atoms with Crippen LogP contribution in [0.1, 0.15) is 0 Å². The highest BCUT2D eigenvalue weighted by atomic mass is 15.0. The Balaban J connectivity index is 0.000000133. The van der Waals surface area contributed by atoms with Crippen LogP contribution in [-0.4, -0.2) is 27.4 Å². The van der Waals surface area contributed by atoms with Crippen LogP contribution in [0.25, 0.3) is 187 Å². The van der Waals surface area contributed by atoms with Gasteiger partial charge in [-0.3, -0.25) is 0 Å². The van der Waals surface area contributed by atoms with Crippen molar-refractivity contribution in [3.05, 3.63) is 376 Å². The van der Waals surface area contributed by atoms with Gasteiger partial charge in [-0.2, -0.15) is 0 Å². The van der Waals surface area contributed by atoms with Crippen LogP contribution >= 0.6 is 0 Å². The number of hydrogen-bond acceptors (Lipinski definition) is 0. The minimum atomic E-state index is 1.15. The van der Waals surface area contributed by atoms with Crippen LogP contribution in [0.2, 0.25) is 0 Å². The number of aromatic nitrogens is 6. The van der Waals surface area contributed by atoms with E-state index in [1.54, 1.807) is 0 Å². The standard InChI is InChI=1S/2C48H31N3/c2*1-3-15-32(16-4-1)49-41-24-10-7-19-35(41)40-31-34(29-30-44(40)49)51-43-26-12-9-21-39(43)48-37(23-14-28-46(48)51)36-22-13-27-45-47(36)38-20-8-11-25-42(38)50(45)33-17-5-2-6-18-33/h2*1-31H. The van der Waals surface area contributed by atoms with Gasteiger partial charge in [0.25, 0.3) is 0 Å². The summed E-state index contributed by atoms with van der Waals surface area (Å²) in [5, 5.41) is 15.1. The Labute approximate surface area is 587 Å². The molecule has 0 aliphatic heterocycles.